The summed E-state index contributed by atoms with van der Waals surface area (Å²) in [5.41, 5.74) is 1.11. The highest BCUT2D eigenvalue weighted by atomic mass is 16.5. The number of morpholine rings is 1. The minimum absolute atomic E-state index is 0.0116. The summed E-state index contributed by atoms with van der Waals surface area (Å²) in [5.74, 6) is -0.364. The van der Waals surface area contributed by atoms with Crippen molar-refractivity contribution in [3.8, 4) is 0 Å². The van der Waals surface area contributed by atoms with Crippen molar-refractivity contribution in [1.29, 1.82) is 0 Å². The van der Waals surface area contributed by atoms with Gasteiger partial charge < -0.3 is 19.4 Å². The Labute approximate surface area is 140 Å². The molecule has 1 saturated heterocycles. The monoisotopic (exact) mass is 330 g/mol. The van der Waals surface area contributed by atoms with Gasteiger partial charge in [0.15, 0.2) is 0 Å². The van der Waals surface area contributed by atoms with Crippen molar-refractivity contribution in [2.45, 2.75) is 19.9 Å². The van der Waals surface area contributed by atoms with Crippen LogP contribution in [0.2, 0.25) is 0 Å². The van der Waals surface area contributed by atoms with E-state index >= 15 is 0 Å². The number of rotatable bonds is 4. The quantitative estimate of drug-likeness (QED) is 0.931. The molecule has 1 N–H and O–H groups in total. The maximum Gasteiger partial charge on any atom is 0.255 e. The molecule has 1 aliphatic rings. The highest BCUT2D eigenvalue weighted by molar-refractivity contribution is 6.07. The van der Waals surface area contributed by atoms with Crippen molar-refractivity contribution in [1.82, 2.24) is 10.2 Å². The third kappa shape index (κ3) is 3.28. The van der Waals surface area contributed by atoms with Gasteiger partial charge in [0.25, 0.3) is 5.91 Å². The van der Waals surface area contributed by atoms with Gasteiger partial charge in [-0.2, -0.15) is 0 Å². The van der Waals surface area contributed by atoms with Gasteiger partial charge in [-0.3, -0.25) is 9.59 Å². The summed E-state index contributed by atoms with van der Waals surface area (Å²) < 4.78 is 10.7. The Morgan fingerprint density at radius 2 is 1.88 bits per heavy atom. The number of nitrogens with one attached hydrogen (secondary N) is 1. The van der Waals surface area contributed by atoms with Crippen LogP contribution in [0.5, 0.6) is 0 Å². The van der Waals surface area contributed by atoms with E-state index in [1.54, 1.807) is 4.90 Å². The number of para-hydroxylation sites is 1. The molecular formula is C18H22N2O4. The number of nitrogens with zero attached hydrogens (tertiary/aromatic N) is 1. The van der Waals surface area contributed by atoms with Crippen molar-refractivity contribution >= 4 is 22.8 Å². The zero-order chi connectivity index (χ0) is 17.1. The first-order chi connectivity index (χ1) is 11.6. The van der Waals surface area contributed by atoms with Crippen LogP contribution in [0.15, 0.2) is 34.9 Å². The molecule has 1 aromatic heterocycles. The van der Waals surface area contributed by atoms with E-state index < -0.39 is 6.04 Å². The van der Waals surface area contributed by atoms with Crippen molar-refractivity contribution in [2.75, 3.05) is 26.3 Å². The predicted molar refractivity (Wildman–Crippen MR) is 89.7 cm³/mol. The Hall–Kier alpha value is -2.34. The molecule has 0 bridgehead atoms. The Balaban J connectivity index is 1.77. The van der Waals surface area contributed by atoms with Gasteiger partial charge in [-0.1, -0.05) is 32.0 Å². The first-order valence-electron chi connectivity index (χ1n) is 8.21. The number of amides is 2. The molecule has 0 saturated carbocycles. The number of hydrogen-bond donors (Lipinski definition) is 1. The predicted octanol–water partition coefficient (Wildman–Crippen LogP) is 2.05. The standard InChI is InChI=1S/C18H22N2O4/c1-12(2)16(18(22)20-7-9-23-10-8-20)19-17(21)14-11-24-15-6-4-3-5-13(14)15/h3-6,11-12,16H,7-10H2,1-2H3,(H,19,21). The molecule has 2 amide bonds. The number of fused-ring (bicyclic) bond motifs is 1. The molecule has 128 valence electrons. The van der Waals surface area contributed by atoms with Crippen molar-refractivity contribution in [3.63, 3.8) is 0 Å². The lowest BCUT2D eigenvalue weighted by Crippen LogP contribution is -2.53. The first kappa shape index (κ1) is 16.5. The van der Waals surface area contributed by atoms with E-state index in [0.717, 1.165) is 5.39 Å². The molecule has 6 nitrogen and oxygen atoms in total. The Bertz CT molecular complexity index is 731. The SMILES string of the molecule is CC(C)C(NC(=O)c1coc2ccccc12)C(=O)N1CCOCC1. The van der Waals surface area contributed by atoms with Gasteiger partial charge in [0.1, 0.15) is 17.9 Å². The number of ether oxygens (including phenoxy) is 1. The highest BCUT2D eigenvalue weighted by Crippen LogP contribution is 2.21. The summed E-state index contributed by atoms with van der Waals surface area (Å²) in [4.78, 5) is 27.1. The average Bonchev–Trinajstić information content (AvgIpc) is 3.03. The van der Waals surface area contributed by atoms with Gasteiger partial charge in [-0.25, -0.2) is 0 Å². The number of hydrogen-bond acceptors (Lipinski definition) is 4. The summed E-state index contributed by atoms with van der Waals surface area (Å²) in [6, 6.07) is 6.79. The van der Waals surface area contributed by atoms with Gasteiger partial charge in [0.2, 0.25) is 5.91 Å². The van der Waals surface area contributed by atoms with E-state index in [1.165, 1.54) is 6.26 Å². The fourth-order valence-electron chi connectivity index (χ4n) is 2.87. The summed E-state index contributed by atoms with van der Waals surface area (Å²) in [7, 11) is 0. The van der Waals surface area contributed by atoms with Crippen molar-refractivity contribution in [3.05, 3.63) is 36.1 Å². The van der Waals surface area contributed by atoms with Gasteiger partial charge in [0, 0.05) is 18.5 Å². The molecule has 3 rings (SSSR count). The maximum absolute atomic E-state index is 12.7. The Kier molecular flexibility index (Phi) is 4.85. The van der Waals surface area contributed by atoms with E-state index in [4.69, 9.17) is 9.15 Å². The van der Waals surface area contributed by atoms with Crippen LogP contribution in [0.3, 0.4) is 0 Å². The van der Waals surface area contributed by atoms with Gasteiger partial charge in [-0.05, 0) is 12.0 Å². The fraction of sp³-hybridized carbons (Fsp3) is 0.444. The van der Waals surface area contributed by atoms with Crippen LogP contribution in [0.25, 0.3) is 11.0 Å². The second kappa shape index (κ2) is 7.05. The fourth-order valence-corrected chi connectivity index (χ4v) is 2.87. The molecule has 2 heterocycles. The van der Waals surface area contributed by atoms with Gasteiger partial charge >= 0.3 is 0 Å². The van der Waals surface area contributed by atoms with Crippen LogP contribution in [-0.4, -0.2) is 49.1 Å². The molecule has 1 fully saturated rings. The smallest absolute Gasteiger partial charge is 0.255 e. The van der Waals surface area contributed by atoms with Crippen LogP contribution in [0.1, 0.15) is 24.2 Å². The zero-order valence-electron chi connectivity index (χ0n) is 14.0. The lowest BCUT2D eigenvalue weighted by atomic mass is 10.0. The average molecular weight is 330 g/mol. The minimum Gasteiger partial charge on any atom is -0.463 e. The van der Waals surface area contributed by atoms with Crippen LogP contribution in [0, 0.1) is 5.92 Å². The second-order valence-corrected chi connectivity index (χ2v) is 6.28. The molecule has 1 unspecified atom stereocenters. The van der Waals surface area contributed by atoms with Crippen LogP contribution >= 0.6 is 0 Å². The third-order valence-corrected chi connectivity index (χ3v) is 4.27. The molecule has 6 heteroatoms. The highest BCUT2D eigenvalue weighted by Gasteiger charge is 2.30. The maximum atomic E-state index is 12.7. The lowest BCUT2D eigenvalue weighted by molar-refractivity contribution is -0.138. The largest absolute Gasteiger partial charge is 0.463 e. The molecule has 0 aliphatic carbocycles. The van der Waals surface area contributed by atoms with Crippen molar-refractivity contribution in [2.24, 2.45) is 5.92 Å². The lowest BCUT2D eigenvalue weighted by Gasteiger charge is -2.32. The zero-order valence-corrected chi connectivity index (χ0v) is 14.0. The van der Waals surface area contributed by atoms with Crippen LogP contribution in [-0.2, 0) is 9.53 Å². The van der Waals surface area contributed by atoms with Crippen LogP contribution in [0.4, 0.5) is 0 Å². The van der Waals surface area contributed by atoms with Gasteiger partial charge in [0.05, 0.1) is 18.8 Å². The summed E-state index contributed by atoms with van der Waals surface area (Å²) >= 11 is 0. The summed E-state index contributed by atoms with van der Waals surface area (Å²) in [5, 5.41) is 3.62. The molecular weight excluding hydrogens is 308 g/mol. The van der Waals surface area contributed by atoms with Crippen LogP contribution < -0.4 is 5.32 Å². The van der Waals surface area contributed by atoms with Crippen molar-refractivity contribution < 1.29 is 18.7 Å². The third-order valence-electron chi connectivity index (χ3n) is 4.27. The molecule has 24 heavy (non-hydrogen) atoms. The molecule has 1 aromatic carbocycles. The Morgan fingerprint density at radius 1 is 1.17 bits per heavy atom. The van der Waals surface area contributed by atoms with E-state index in [9.17, 15) is 9.59 Å². The number of carbonyl (C=O) groups excluding carboxylic acids is 2. The van der Waals surface area contributed by atoms with E-state index in [1.807, 2.05) is 38.1 Å². The number of carbonyl (C=O) groups is 2. The molecule has 2 aromatic rings. The van der Waals surface area contributed by atoms with E-state index in [2.05, 4.69) is 5.32 Å². The normalized spacial score (nSPS) is 16.4. The molecule has 1 atom stereocenters. The molecule has 1 aliphatic heterocycles. The minimum atomic E-state index is -0.565. The number of furan rings is 1. The topological polar surface area (TPSA) is 71.8 Å². The second-order valence-electron chi connectivity index (χ2n) is 6.28. The van der Waals surface area contributed by atoms with E-state index in [0.29, 0.717) is 37.4 Å². The first-order valence-corrected chi connectivity index (χ1v) is 8.21. The summed E-state index contributed by atoms with van der Waals surface area (Å²) in [6.45, 7) is 6.06. The number of benzene rings is 1. The molecule has 0 radical (unpaired) electrons. The summed E-state index contributed by atoms with van der Waals surface area (Å²) in [6.07, 6.45) is 1.44. The van der Waals surface area contributed by atoms with Gasteiger partial charge in [-0.15, -0.1) is 0 Å². The van der Waals surface area contributed by atoms with E-state index in [-0.39, 0.29) is 17.7 Å². The molecule has 0 spiro atoms. The Morgan fingerprint density at radius 3 is 2.58 bits per heavy atom.